The molecule has 1 aliphatic heterocycles. The quantitative estimate of drug-likeness (QED) is 0.497. The molecule has 1 atom stereocenters. The van der Waals surface area contributed by atoms with Crippen molar-refractivity contribution in [3.8, 4) is 5.75 Å². The van der Waals surface area contributed by atoms with Crippen LogP contribution in [0.15, 0.2) is 42.5 Å². The molecule has 2 amide bonds. The largest absolute Gasteiger partial charge is 0.497 e. The van der Waals surface area contributed by atoms with Gasteiger partial charge in [0.2, 0.25) is 5.91 Å². The lowest BCUT2D eigenvalue weighted by molar-refractivity contribution is -0.127. The van der Waals surface area contributed by atoms with Gasteiger partial charge in [0.25, 0.3) is 5.91 Å². The van der Waals surface area contributed by atoms with E-state index in [0.717, 1.165) is 59.2 Å². The predicted octanol–water partition coefficient (Wildman–Crippen LogP) is 5.91. The molecule has 0 saturated heterocycles. The van der Waals surface area contributed by atoms with Crippen molar-refractivity contribution in [3.05, 3.63) is 59.3 Å². The molecule has 190 valence electrons. The van der Waals surface area contributed by atoms with Crippen LogP contribution in [0.2, 0.25) is 0 Å². The number of benzene rings is 2. The van der Waals surface area contributed by atoms with Crippen LogP contribution in [0.1, 0.15) is 73.5 Å². The Bertz CT molecular complexity index is 1300. The van der Waals surface area contributed by atoms with Crippen LogP contribution in [0.4, 0.5) is 5.69 Å². The Morgan fingerprint density at radius 1 is 1.00 bits per heavy atom. The predicted molar refractivity (Wildman–Crippen MR) is 144 cm³/mol. The molecule has 2 aliphatic rings. The van der Waals surface area contributed by atoms with E-state index in [2.05, 4.69) is 11.4 Å². The molecule has 5 rings (SSSR count). The van der Waals surface area contributed by atoms with Gasteiger partial charge in [0.1, 0.15) is 17.0 Å². The number of hydrogen-bond donors (Lipinski definition) is 1. The van der Waals surface area contributed by atoms with Crippen molar-refractivity contribution in [2.24, 2.45) is 0 Å². The maximum absolute atomic E-state index is 14.2. The molecule has 36 heavy (non-hydrogen) atoms. The summed E-state index contributed by atoms with van der Waals surface area (Å²) < 4.78 is 7.46. The Kier molecular flexibility index (Phi) is 6.54. The van der Waals surface area contributed by atoms with Crippen LogP contribution in [0, 0.1) is 13.8 Å². The highest BCUT2D eigenvalue weighted by Gasteiger charge is 2.49. The van der Waals surface area contributed by atoms with Gasteiger partial charge in [-0.1, -0.05) is 49.8 Å². The topological polar surface area (TPSA) is 63.6 Å². The first kappa shape index (κ1) is 24.4. The van der Waals surface area contributed by atoms with Crippen LogP contribution >= 0.6 is 0 Å². The number of hydrogen-bond acceptors (Lipinski definition) is 3. The van der Waals surface area contributed by atoms with Crippen LogP contribution in [-0.2, 0) is 11.3 Å². The Labute approximate surface area is 213 Å². The van der Waals surface area contributed by atoms with Gasteiger partial charge in [-0.2, -0.15) is 0 Å². The summed E-state index contributed by atoms with van der Waals surface area (Å²) in [7, 11) is 1.64. The molecule has 0 radical (unpaired) electrons. The second kappa shape index (κ2) is 9.64. The maximum atomic E-state index is 14.2. The number of amides is 2. The molecule has 2 aromatic carbocycles. The first-order valence-corrected chi connectivity index (χ1v) is 13.2. The number of rotatable bonds is 4. The van der Waals surface area contributed by atoms with Gasteiger partial charge in [0.05, 0.1) is 19.2 Å². The molecule has 1 aromatic heterocycles. The standard InChI is InChI=1S/C30H37N3O3/c1-20-12-15-25(21(2)16-20)33-28(34)27-17-22-13-14-24(36-4)18-26(22)32(27)19-30(33,3)29(35)31-23-10-8-6-5-7-9-11-23/h12-18,23H,5-11,19H2,1-4H3,(H,31,35)/t30-/m1/s1. The highest BCUT2D eigenvalue weighted by atomic mass is 16.5. The summed E-state index contributed by atoms with van der Waals surface area (Å²) in [6.45, 7) is 6.34. The van der Waals surface area contributed by atoms with E-state index in [1.807, 2.05) is 61.7 Å². The molecule has 6 heteroatoms. The zero-order valence-corrected chi connectivity index (χ0v) is 21.9. The molecule has 1 N–H and O–H groups in total. The van der Waals surface area contributed by atoms with Gasteiger partial charge in [-0.3, -0.25) is 14.5 Å². The van der Waals surface area contributed by atoms with E-state index in [4.69, 9.17) is 4.74 Å². The van der Waals surface area contributed by atoms with Gasteiger partial charge in [-0.05, 0) is 63.4 Å². The molecule has 3 aromatic rings. The van der Waals surface area contributed by atoms with Crippen molar-refractivity contribution in [3.63, 3.8) is 0 Å². The number of ether oxygens (including phenoxy) is 1. The molecule has 0 spiro atoms. The summed E-state index contributed by atoms with van der Waals surface area (Å²) in [6.07, 6.45) is 7.97. The smallest absolute Gasteiger partial charge is 0.275 e. The van der Waals surface area contributed by atoms with Crippen LogP contribution < -0.4 is 15.0 Å². The second-order valence-corrected chi connectivity index (χ2v) is 10.8. The molecule has 0 bridgehead atoms. The number of aromatic nitrogens is 1. The summed E-state index contributed by atoms with van der Waals surface area (Å²) in [5.41, 5.74) is 3.32. The second-order valence-electron chi connectivity index (χ2n) is 10.8. The van der Waals surface area contributed by atoms with Crippen LogP contribution in [0.5, 0.6) is 5.75 Å². The van der Waals surface area contributed by atoms with Gasteiger partial charge in [0.15, 0.2) is 0 Å². The van der Waals surface area contributed by atoms with E-state index in [1.54, 1.807) is 12.0 Å². The minimum atomic E-state index is -1.08. The molecular formula is C30H37N3O3. The summed E-state index contributed by atoms with van der Waals surface area (Å²) >= 11 is 0. The lowest BCUT2D eigenvalue weighted by Crippen LogP contribution is -2.65. The van der Waals surface area contributed by atoms with Gasteiger partial charge >= 0.3 is 0 Å². The normalized spacial score (nSPS) is 21.1. The van der Waals surface area contributed by atoms with E-state index in [9.17, 15) is 9.59 Å². The lowest BCUT2D eigenvalue weighted by atomic mass is 9.91. The number of fused-ring (bicyclic) bond motifs is 3. The van der Waals surface area contributed by atoms with Crippen molar-refractivity contribution >= 4 is 28.4 Å². The fourth-order valence-electron chi connectivity index (χ4n) is 5.97. The number of carbonyl (C=O) groups excluding carboxylic acids is 2. The Balaban J connectivity index is 1.60. The molecule has 2 heterocycles. The summed E-state index contributed by atoms with van der Waals surface area (Å²) in [4.78, 5) is 30.1. The summed E-state index contributed by atoms with van der Waals surface area (Å²) in [5, 5.41) is 4.33. The molecule has 6 nitrogen and oxygen atoms in total. The highest BCUT2D eigenvalue weighted by Crippen LogP contribution is 2.38. The molecule has 1 saturated carbocycles. The highest BCUT2D eigenvalue weighted by molar-refractivity contribution is 6.14. The van der Waals surface area contributed by atoms with Crippen LogP contribution in [-0.4, -0.2) is 35.1 Å². The minimum absolute atomic E-state index is 0.0863. The van der Waals surface area contributed by atoms with E-state index < -0.39 is 5.54 Å². The monoisotopic (exact) mass is 487 g/mol. The average molecular weight is 488 g/mol. The zero-order chi connectivity index (χ0) is 25.4. The summed E-state index contributed by atoms with van der Waals surface area (Å²) in [6, 6.07) is 14.0. The van der Waals surface area contributed by atoms with Gasteiger partial charge in [0, 0.05) is 23.2 Å². The van der Waals surface area contributed by atoms with Gasteiger partial charge in [-0.15, -0.1) is 0 Å². The molecular weight excluding hydrogens is 450 g/mol. The van der Waals surface area contributed by atoms with E-state index in [-0.39, 0.29) is 17.9 Å². The number of nitrogens with zero attached hydrogens (tertiary/aromatic N) is 2. The molecule has 0 unspecified atom stereocenters. The third-order valence-electron chi connectivity index (χ3n) is 8.02. The Morgan fingerprint density at radius 3 is 2.42 bits per heavy atom. The third-order valence-corrected chi connectivity index (χ3v) is 8.02. The van der Waals surface area contributed by atoms with Gasteiger partial charge in [-0.25, -0.2) is 0 Å². The van der Waals surface area contributed by atoms with E-state index >= 15 is 0 Å². The Morgan fingerprint density at radius 2 is 1.72 bits per heavy atom. The van der Waals surface area contributed by atoms with Crippen LogP contribution in [0.25, 0.3) is 10.9 Å². The SMILES string of the molecule is COc1ccc2cc3n(c2c1)C[C@](C)(C(=O)NC1CCCCCCC1)N(c1ccc(C)cc1C)C3=O. The first-order valence-electron chi connectivity index (χ1n) is 13.2. The fraction of sp³-hybridized carbons (Fsp3) is 0.467. The third kappa shape index (κ3) is 4.27. The maximum Gasteiger partial charge on any atom is 0.275 e. The molecule has 1 aliphatic carbocycles. The number of anilines is 1. The number of methoxy groups -OCH3 is 1. The van der Waals surface area contributed by atoms with Gasteiger partial charge < -0.3 is 14.6 Å². The number of carbonyl (C=O) groups is 2. The average Bonchev–Trinajstić information content (AvgIpc) is 3.19. The fourth-order valence-corrected chi connectivity index (χ4v) is 5.97. The molecule has 1 fully saturated rings. The summed E-state index contributed by atoms with van der Waals surface area (Å²) in [5.74, 6) is 0.490. The minimum Gasteiger partial charge on any atom is -0.497 e. The van der Waals surface area contributed by atoms with Crippen molar-refractivity contribution < 1.29 is 14.3 Å². The number of aryl methyl sites for hydroxylation is 2. The zero-order valence-electron chi connectivity index (χ0n) is 21.9. The number of nitrogens with one attached hydrogen (secondary N) is 1. The Hall–Kier alpha value is -3.28. The van der Waals surface area contributed by atoms with Crippen molar-refractivity contribution in [1.29, 1.82) is 0 Å². The van der Waals surface area contributed by atoms with Crippen molar-refractivity contribution in [1.82, 2.24) is 9.88 Å². The van der Waals surface area contributed by atoms with Crippen molar-refractivity contribution in [2.75, 3.05) is 12.0 Å². The first-order chi connectivity index (χ1) is 17.3. The van der Waals surface area contributed by atoms with Crippen molar-refractivity contribution in [2.45, 2.75) is 83.8 Å². The van der Waals surface area contributed by atoms with E-state index in [0.29, 0.717) is 12.2 Å². The van der Waals surface area contributed by atoms with E-state index in [1.165, 1.54) is 19.3 Å². The lowest BCUT2D eigenvalue weighted by Gasteiger charge is -2.45. The van der Waals surface area contributed by atoms with Crippen LogP contribution in [0.3, 0.4) is 0 Å².